The van der Waals surface area contributed by atoms with Gasteiger partial charge in [0, 0.05) is 6.61 Å². The number of ether oxygens (including phenoxy) is 3. The summed E-state index contributed by atoms with van der Waals surface area (Å²) < 4.78 is 16.5. The first-order valence-corrected chi connectivity index (χ1v) is 7.78. The topological polar surface area (TPSA) is 56.8 Å². The van der Waals surface area contributed by atoms with Gasteiger partial charge in [0.05, 0.1) is 19.3 Å². The third-order valence-electron chi connectivity index (χ3n) is 3.63. The molecule has 1 heterocycles. The van der Waals surface area contributed by atoms with Gasteiger partial charge in [-0.05, 0) is 51.3 Å². The lowest BCUT2D eigenvalue weighted by molar-refractivity contribution is -0.130. The van der Waals surface area contributed by atoms with Crippen LogP contribution in [0.1, 0.15) is 45.2 Å². The quantitative estimate of drug-likeness (QED) is 0.878. The van der Waals surface area contributed by atoms with Crippen LogP contribution in [0.5, 0.6) is 11.5 Å². The van der Waals surface area contributed by atoms with Crippen molar-refractivity contribution in [3.05, 3.63) is 23.8 Å². The molecule has 122 valence electrons. The van der Waals surface area contributed by atoms with Gasteiger partial charge in [0.1, 0.15) is 6.10 Å². The van der Waals surface area contributed by atoms with E-state index >= 15 is 0 Å². The molecule has 1 aromatic rings. The lowest BCUT2D eigenvalue weighted by Gasteiger charge is -2.19. The van der Waals surface area contributed by atoms with Gasteiger partial charge < -0.3 is 19.5 Å². The predicted molar refractivity (Wildman–Crippen MR) is 84.3 cm³/mol. The molecular formula is C17H25NO4. The zero-order chi connectivity index (χ0) is 16.1. The molecule has 0 unspecified atom stereocenters. The number of hydrogen-bond acceptors (Lipinski definition) is 4. The molecule has 1 aliphatic heterocycles. The van der Waals surface area contributed by atoms with Gasteiger partial charge in [0.15, 0.2) is 11.5 Å². The molecule has 2 rings (SSSR count). The number of methoxy groups -OCH3 is 1. The largest absolute Gasteiger partial charge is 0.493 e. The third-order valence-corrected chi connectivity index (χ3v) is 3.63. The molecule has 5 nitrogen and oxygen atoms in total. The van der Waals surface area contributed by atoms with Crippen molar-refractivity contribution in [2.45, 2.75) is 51.9 Å². The van der Waals surface area contributed by atoms with Crippen LogP contribution in [0.3, 0.4) is 0 Å². The second kappa shape index (κ2) is 7.49. The van der Waals surface area contributed by atoms with Crippen LogP contribution in [0.2, 0.25) is 0 Å². The first-order chi connectivity index (χ1) is 10.5. The molecule has 5 heteroatoms. The number of carbonyl (C=O) groups excluding carboxylic acids is 1. The fraction of sp³-hybridized carbons (Fsp3) is 0.588. The van der Waals surface area contributed by atoms with Crippen molar-refractivity contribution in [1.82, 2.24) is 5.32 Å². The fourth-order valence-corrected chi connectivity index (χ4v) is 2.48. The molecule has 22 heavy (non-hydrogen) atoms. The molecule has 1 aliphatic rings. The van der Waals surface area contributed by atoms with Gasteiger partial charge in [0.25, 0.3) is 0 Å². The number of nitrogens with one attached hydrogen (secondary N) is 1. The highest BCUT2D eigenvalue weighted by atomic mass is 16.5. The SMILES string of the molecule is COc1cc([C@@H](C)NC(=O)[C@@H]2CCCO2)ccc1OC(C)C. The summed E-state index contributed by atoms with van der Waals surface area (Å²) in [6, 6.07) is 5.61. The van der Waals surface area contributed by atoms with Crippen molar-refractivity contribution < 1.29 is 19.0 Å². The maximum absolute atomic E-state index is 12.1. The van der Waals surface area contributed by atoms with Gasteiger partial charge in [-0.25, -0.2) is 0 Å². The summed E-state index contributed by atoms with van der Waals surface area (Å²) in [5.74, 6) is 1.33. The molecular weight excluding hydrogens is 282 g/mol. The van der Waals surface area contributed by atoms with E-state index in [4.69, 9.17) is 14.2 Å². The maximum Gasteiger partial charge on any atom is 0.249 e. The first kappa shape index (κ1) is 16.6. The van der Waals surface area contributed by atoms with E-state index in [0.29, 0.717) is 18.1 Å². The number of carbonyl (C=O) groups is 1. The average Bonchev–Trinajstić information content (AvgIpc) is 3.01. The lowest BCUT2D eigenvalue weighted by Crippen LogP contribution is -2.35. The Balaban J connectivity index is 2.05. The summed E-state index contributed by atoms with van der Waals surface area (Å²) in [5.41, 5.74) is 0.972. The molecule has 0 saturated carbocycles. The second-order valence-electron chi connectivity index (χ2n) is 5.81. The monoisotopic (exact) mass is 307 g/mol. The van der Waals surface area contributed by atoms with E-state index in [1.54, 1.807) is 7.11 Å². The minimum Gasteiger partial charge on any atom is -0.493 e. The molecule has 0 spiro atoms. The van der Waals surface area contributed by atoms with Gasteiger partial charge >= 0.3 is 0 Å². The van der Waals surface area contributed by atoms with Crippen LogP contribution in [0.4, 0.5) is 0 Å². The summed E-state index contributed by atoms with van der Waals surface area (Å²) in [7, 11) is 1.61. The minimum atomic E-state index is -0.312. The first-order valence-electron chi connectivity index (χ1n) is 7.78. The van der Waals surface area contributed by atoms with E-state index in [1.807, 2.05) is 39.0 Å². The third kappa shape index (κ3) is 4.13. The molecule has 1 aromatic carbocycles. The lowest BCUT2D eigenvalue weighted by atomic mass is 10.1. The van der Waals surface area contributed by atoms with E-state index in [2.05, 4.69) is 5.32 Å². The van der Waals surface area contributed by atoms with Gasteiger partial charge in [-0.1, -0.05) is 6.07 Å². The van der Waals surface area contributed by atoms with Crippen molar-refractivity contribution in [2.24, 2.45) is 0 Å². The van der Waals surface area contributed by atoms with Gasteiger partial charge in [-0.15, -0.1) is 0 Å². The Kier molecular flexibility index (Phi) is 5.66. The van der Waals surface area contributed by atoms with Crippen molar-refractivity contribution in [1.29, 1.82) is 0 Å². The van der Waals surface area contributed by atoms with E-state index in [0.717, 1.165) is 18.4 Å². The molecule has 0 bridgehead atoms. The zero-order valence-electron chi connectivity index (χ0n) is 13.7. The smallest absolute Gasteiger partial charge is 0.249 e. The van der Waals surface area contributed by atoms with Crippen LogP contribution < -0.4 is 14.8 Å². The van der Waals surface area contributed by atoms with Crippen molar-refractivity contribution >= 4 is 5.91 Å². The fourth-order valence-electron chi connectivity index (χ4n) is 2.48. The van der Waals surface area contributed by atoms with E-state index in [1.165, 1.54) is 0 Å². The summed E-state index contributed by atoms with van der Waals surface area (Å²) in [6.07, 6.45) is 1.51. The number of benzene rings is 1. The zero-order valence-corrected chi connectivity index (χ0v) is 13.7. The van der Waals surface area contributed by atoms with Gasteiger partial charge in [-0.3, -0.25) is 4.79 Å². The Morgan fingerprint density at radius 1 is 1.32 bits per heavy atom. The molecule has 0 radical (unpaired) electrons. The Morgan fingerprint density at radius 2 is 2.09 bits per heavy atom. The maximum atomic E-state index is 12.1. The number of rotatable bonds is 6. The molecule has 1 N–H and O–H groups in total. The van der Waals surface area contributed by atoms with E-state index < -0.39 is 0 Å². The predicted octanol–water partition coefficient (Wildman–Crippen LogP) is 2.84. The molecule has 1 fully saturated rings. The minimum absolute atomic E-state index is 0.0496. The number of hydrogen-bond donors (Lipinski definition) is 1. The Hall–Kier alpha value is -1.75. The highest BCUT2D eigenvalue weighted by Gasteiger charge is 2.25. The molecule has 2 atom stereocenters. The summed E-state index contributed by atoms with van der Waals surface area (Å²) in [5, 5.41) is 2.99. The molecule has 1 saturated heterocycles. The normalized spacial score (nSPS) is 19.0. The summed E-state index contributed by atoms with van der Waals surface area (Å²) in [4.78, 5) is 12.1. The average molecular weight is 307 g/mol. The van der Waals surface area contributed by atoms with Crippen molar-refractivity contribution in [3.63, 3.8) is 0 Å². The van der Waals surface area contributed by atoms with Crippen LogP contribution in [0.15, 0.2) is 18.2 Å². The Labute approximate surface area is 131 Å². The summed E-state index contributed by atoms with van der Waals surface area (Å²) >= 11 is 0. The van der Waals surface area contributed by atoms with Crippen LogP contribution in [-0.2, 0) is 9.53 Å². The van der Waals surface area contributed by atoms with Crippen LogP contribution in [0.25, 0.3) is 0 Å². The van der Waals surface area contributed by atoms with Gasteiger partial charge in [-0.2, -0.15) is 0 Å². The molecule has 1 amide bonds. The highest BCUT2D eigenvalue weighted by molar-refractivity contribution is 5.81. The van der Waals surface area contributed by atoms with Crippen LogP contribution in [-0.4, -0.2) is 31.8 Å². The summed E-state index contributed by atoms with van der Waals surface area (Å²) in [6.45, 7) is 6.56. The van der Waals surface area contributed by atoms with Crippen LogP contribution >= 0.6 is 0 Å². The van der Waals surface area contributed by atoms with Gasteiger partial charge in [0.2, 0.25) is 5.91 Å². The standard InChI is InChI=1S/C17H25NO4/c1-11(2)22-14-8-7-13(10-16(14)20-4)12(3)18-17(19)15-6-5-9-21-15/h7-8,10-12,15H,5-6,9H2,1-4H3,(H,18,19)/t12-,15+/m1/s1. The molecule has 0 aliphatic carbocycles. The Morgan fingerprint density at radius 3 is 2.68 bits per heavy atom. The number of amides is 1. The van der Waals surface area contributed by atoms with Crippen molar-refractivity contribution in [2.75, 3.05) is 13.7 Å². The van der Waals surface area contributed by atoms with Crippen molar-refractivity contribution in [3.8, 4) is 11.5 Å². The van der Waals surface area contributed by atoms with Crippen LogP contribution in [0, 0.1) is 0 Å². The van der Waals surface area contributed by atoms with E-state index in [-0.39, 0.29) is 24.2 Å². The highest BCUT2D eigenvalue weighted by Crippen LogP contribution is 2.31. The molecule has 0 aromatic heterocycles. The second-order valence-corrected chi connectivity index (χ2v) is 5.81. The Bertz CT molecular complexity index is 509. The van der Waals surface area contributed by atoms with E-state index in [9.17, 15) is 4.79 Å².